The predicted molar refractivity (Wildman–Crippen MR) is 79.8 cm³/mol. The molecule has 1 aromatic rings. The van der Waals surface area contributed by atoms with Crippen LogP contribution >= 0.6 is 0 Å². The third kappa shape index (κ3) is 3.20. The number of nitrogen functional groups attached to an aromatic ring is 1. The highest BCUT2D eigenvalue weighted by molar-refractivity contribution is 5.67. The van der Waals surface area contributed by atoms with Gasteiger partial charge in [0.1, 0.15) is 5.82 Å². The molecule has 3 heteroatoms. The van der Waals surface area contributed by atoms with Gasteiger partial charge in [0.25, 0.3) is 0 Å². The van der Waals surface area contributed by atoms with Crippen LogP contribution in [0.3, 0.4) is 0 Å². The molecule has 0 aliphatic heterocycles. The molecule has 2 atom stereocenters. The molecular weight excluding hydrogens is 239 g/mol. The van der Waals surface area contributed by atoms with E-state index < -0.39 is 0 Å². The van der Waals surface area contributed by atoms with Crippen LogP contribution in [0.25, 0.3) is 0 Å². The molecule has 1 fully saturated rings. The fourth-order valence-electron chi connectivity index (χ4n) is 3.16. The van der Waals surface area contributed by atoms with Crippen LogP contribution in [0.2, 0.25) is 0 Å². The Morgan fingerprint density at radius 2 is 1.95 bits per heavy atom. The van der Waals surface area contributed by atoms with Gasteiger partial charge >= 0.3 is 0 Å². The van der Waals surface area contributed by atoms with E-state index >= 15 is 0 Å². The van der Waals surface area contributed by atoms with Crippen LogP contribution < -0.4 is 11.1 Å². The Kier molecular flexibility index (Phi) is 4.33. The van der Waals surface area contributed by atoms with Gasteiger partial charge in [0.15, 0.2) is 0 Å². The molecule has 0 heterocycles. The van der Waals surface area contributed by atoms with E-state index in [1.807, 2.05) is 6.07 Å². The van der Waals surface area contributed by atoms with Crippen molar-refractivity contribution in [3.8, 4) is 0 Å². The summed E-state index contributed by atoms with van der Waals surface area (Å²) in [6, 6.07) is 3.71. The summed E-state index contributed by atoms with van der Waals surface area (Å²) in [5.41, 5.74) is 7.97. The molecule has 0 saturated heterocycles. The molecule has 1 saturated carbocycles. The molecule has 106 valence electrons. The Morgan fingerprint density at radius 3 is 2.63 bits per heavy atom. The summed E-state index contributed by atoms with van der Waals surface area (Å²) >= 11 is 0. The van der Waals surface area contributed by atoms with Crippen molar-refractivity contribution in [1.29, 1.82) is 0 Å². The summed E-state index contributed by atoms with van der Waals surface area (Å²) < 4.78 is 13.4. The zero-order chi connectivity index (χ0) is 14.0. The third-order valence-corrected chi connectivity index (χ3v) is 4.35. The van der Waals surface area contributed by atoms with Gasteiger partial charge in [-0.3, -0.25) is 0 Å². The Balaban J connectivity index is 2.17. The Bertz CT molecular complexity index is 443. The number of nitrogens with one attached hydrogen (secondary N) is 1. The minimum absolute atomic E-state index is 0.230. The highest BCUT2D eigenvalue weighted by Gasteiger charge is 2.27. The minimum atomic E-state index is -0.230. The standard InChI is InChI=1S/C16H25FN2/c1-10(2)12-6-4-5-7-15(12)19-16-8-11(3)13(17)9-14(16)18/h8-10,12,15,19H,4-7,18H2,1-3H3. The maximum absolute atomic E-state index is 13.4. The van der Waals surface area contributed by atoms with Gasteiger partial charge in [0, 0.05) is 6.04 Å². The van der Waals surface area contributed by atoms with Crippen LogP contribution in [0, 0.1) is 24.6 Å². The van der Waals surface area contributed by atoms with Crippen molar-refractivity contribution < 1.29 is 4.39 Å². The molecule has 19 heavy (non-hydrogen) atoms. The van der Waals surface area contributed by atoms with Crippen molar-refractivity contribution in [2.45, 2.75) is 52.5 Å². The maximum atomic E-state index is 13.4. The zero-order valence-electron chi connectivity index (χ0n) is 12.2. The monoisotopic (exact) mass is 264 g/mol. The molecular formula is C16H25FN2. The first kappa shape index (κ1) is 14.2. The summed E-state index contributed by atoms with van der Waals surface area (Å²) in [7, 11) is 0. The summed E-state index contributed by atoms with van der Waals surface area (Å²) in [5, 5.41) is 3.56. The van der Waals surface area contributed by atoms with Gasteiger partial charge in [-0.1, -0.05) is 26.7 Å². The van der Waals surface area contributed by atoms with Gasteiger partial charge in [-0.25, -0.2) is 4.39 Å². The number of benzene rings is 1. The SMILES string of the molecule is Cc1cc(NC2CCCCC2C(C)C)c(N)cc1F. The molecule has 0 spiro atoms. The van der Waals surface area contributed by atoms with Crippen LogP contribution in [0.5, 0.6) is 0 Å². The molecule has 1 aromatic carbocycles. The second-order valence-electron chi connectivity index (χ2n) is 6.13. The molecule has 2 rings (SSSR count). The summed E-state index contributed by atoms with van der Waals surface area (Å²) in [6.07, 6.45) is 5.04. The van der Waals surface area contributed by atoms with Crippen LogP contribution in [-0.4, -0.2) is 6.04 Å². The van der Waals surface area contributed by atoms with E-state index in [0.29, 0.717) is 29.1 Å². The van der Waals surface area contributed by atoms with Gasteiger partial charge in [-0.05, 0) is 49.3 Å². The number of aryl methyl sites for hydroxylation is 1. The van der Waals surface area contributed by atoms with Gasteiger partial charge in [0.2, 0.25) is 0 Å². The maximum Gasteiger partial charge on any atom is 0.128 e. The molecule has 3 N–H and O–H groups in total. The second-order valence-corrected chi connectivity index (χ2v) is 6.13. The first-order valence-corrected chi connectivity index (χ1v) is 7.31. The fourth-order valence-corrected chi connectivity index (χ4v) is 3.16. The number of halogens is 1. The molecule has 1 aliphatic carbocycles. The average molecular weight is 264 g/mol. The van der Waals surface area contributed by atoms with E-state index in [2.05, 4.69) is 19.2 Å². The lowest BCUT2D eigenvalue weighted by Gasteiger charge is -2.36. The average Bonchev–Trinajstić information content (AvgIpc) is 2.36. The zero-order valence-corrected chi connectivity index (χ0v) is 12.2. The Morgan fingerprint density at radius 1 is 1.26 bits per heavy atom. The Labute approximate surface area is 115 Å². The molecule has 0 bridgehead atoms. The van der Waals surface area contributed by atoms with Gasteiger partial charge in [0.05, 0.1) is 11.4 Å². The van der Waals surface area contributed by atoms with Crippen molar-refractivity contribution in [3.63, 3.8) is 0 Å². The number of hydrogen-bond donors (Lipinski definition) is 2. The van der Waals surface area contributed by atoms with Crippen LogP contribution in [0.1, 0.15) is 45.1 Å². The highest BCUT2D eigenvalue weighted by atomic mass is 19.1. The first-order valence-electron chi connectivity index (χ1n) is 7.31. The fraction of sp³-hybridized carbons (Fsp3) is 0.625. The number of hydrogen-bond acceptors (Lipinski definition) is 2. The van der Waals surface area contributed by atoms with Crippen molar-refractivity contribution in [1.82, 2.24) is 0 Å². The van der Waals surface area contributed by atoms with E-state index in [9.17, 15) is 4.39 Å². The number of nitrogens with two attached hydrogens (primary N) is 1. The molecule has 0 amide bonds. The van der Waals surface area contributed by atoms with Gasteiger partial charge in [-0.15, -0.1) is 0 Å². The largest absolute Gasteiger partial charge is 0.397 e. The molecule has 2 nitrogen and oxygen atoms in total. The molecule has 1 aliphatic rings. The number of rotatable bonds is 3. The normalized spacial score (nSPS) is 23.6. The lowest BCUT2D eigenvalue weighted by atomic mass is 9.77. The molecule has 0 radical (unpaired) electrons. The van der Waals surface area contributed by atoms with Crippen LogP contribution in [-0.2, 0) is 0 Å². The van der Waals surface area contributed by atoms with Crippen molar-refractivity contribution in [3.05, 3.63) is 23.5 Å². The van der Waals surface area contributed by atoms with E-state index in [0.717, 1.165) is 5.69 Å². The summed E-state index contributed by atoms with van der Waals surface area (Å²) in [6.45, 7) is 6.34. The van der Waals surface area contributed by atoms with Gasteiger partial charge in [-0.2, -0.15) is 0 Å². The topological polar surface area (TPSA) is 38.0 Å². The predicted octanol–water partition coefficient (Wildman–Crippen LogP) is 4.34. The lowest BCUT2D eigenvalue weighted by molar-refractivity contribution is 0.254. The Hall–Kier alpha value is -1.25. The smallest absolute Gasteiger partial charge is 0.128 e. The van der Waals surface area contributed by atoms with E-state index in [1.165, 1.54) is 31.7 Å². The highest BCUT2D eigenvalue weighted by Crippen LogP contribution is 2.34. The van der Waals surface area contributed by atoms with Crippen LogP contribution in [0.4, 0.5) is 15.8 Å². The summed E-state index contributed by atoms with van der Waals surface area (Å²) in [4.78, 5) is 0. The van der Waals surface area contributed by atoms with Crippen molar-refractivity contribution in [2.24, 2.45) is 11.8 Å². The van der Waals surface area contributed by atoms with E-state index in [4.69, 9.17) is 5.73 Å². The third-order valence-electron chi connectivity index (χ3n) is 4.35. The van der Waals surface area contributed by atoms with Crippen molar-refractivity contribution in [2.75, 3.05) is 11.1 Å². The van der Waals surface area contributed by atoms with Crippen molar-refractivity contribution >= 4 is 11.4 Å². The van der Waals surface area contributed by atoms with E-state index in [1.54, 1.807) is 6.92 Å². The number of anilines is 2. The molecule has 2 unspecified atom stereocenters. The first-order chi connectivity index (χ1) is 8.99. The van der Waals surface area contributed by atoms with Gasteiger partial charge < -0.3 is 11.1 Å². The minimum Gasteiger partial charge on any atom is -0.397 e. The lowest BCUT2D eigenvalue weighted by Crippen LogP contribution is -2.35. The summed E-state index contributed by atoms with van der Waals surface area (Å²) in [5.74, 6) is 1.12. The quantitative estimate of drug-likeness (QED) is 0.797. The van der Waals surface area contributed by atoms with E-state index in [-0.39, 0.29) is 5.82 Å². The van der Waals surface area contributed by atoms with Crippen LogP contribution in [0.15, 0.2) is 12.1 Å². The molecule has 0 aromatic heterocycles. The second kappa shape index (κ2) is 5.81.